The Labute approximate surface area is 162 Å². The summed E-state index contributed by atoms with van der Waals surface area (Å²) in [7, 11) is 0. The number of hydrogen-bond donors (Lipinski definition) is 1. The molecule has 1 aliphatic heterocycles. The molecule has 1 aromatic heterocycles. The van der Waals surface area contributed by atoms with Crippen molar-refractivity contribution in [3.05, 3.63) is 73.7 Å². The first kappa shape index (κ1) is 20.6. The first-order chi connectivity index (χ1) is 13.4. The molecule has 1 N–H and O–H groups in total. The number of ether oxygens (including phenoxy) is 1. The minimum Gasteiger partial charge on any atom is -0.485 e. The topological polar surface area (TPSA) is 104 Å². The molecule has 0 amide bonds. The number of nitrogens with zero attached hydrogens (tertiary/aromatic N) is 2. The van der Waals surface area contributed by atoms with Gasteiger partial charge in [0.15, 0.2) is 0 Å². The lowest BCUT2D eigenvalue weighted by atomic mass is 9.85. The SMILES string of the molecule is CC1(C)Oc2ccc(C(F)(F)F)cc2[C@@H](n2cc(CO[N+](=O)[O-])ccc2=O)[C@@H]1O. The number of rotatable bonds is 4. The van der Waals surface area contributed by atoms with Gasteiger partial charge in [-0.2, -0.15) is 13.2 Å². The van der Waals surface area contributed by atoms with E-state index in [-0.39, 0.29) is 16.9 Å². The number of alkyl halides is 3. The molecule has 0 unspecified atom stereocenters. The Bertz CT molecular complexity index is 1000. The summed E-state index contributed by atoms with van der Waals surface area (Å²) in [5.41, 5.74) is -2.59. The van der Waals surface area contributed by atoms with Gasteiger partial charge in [0.25, 0.3) is 10.6 Å². The van der Waals surface area contributed by atoms with Crippen LogP contribution >= 0.6 is 0 Å². The Kier molecular flexibility index (Phi) is 5.03. The molecule has 0 saturated heterocycles. The predicted molar refractivity (Wildman–Crippen MR) is 92.8 cm³/mol. The zero-order valence-corrected chi connectivity index (χ0v) is 15.3. The van der Waals surface area contributed by atoms with Crippen LogP contribution in [0.25, 0.3) is 0 Å². The standard InChI is InChI=1S/C18H17F3N2O6/c1-17(2)16(25)15(12-7-11(18(19,20)21)4-5-13(12)29-17)22-8-10(3-6-14(22)24)9-28-23(26)27/h3-8,15-16,25H,9H2,1-2H3/t15-,16+/m1/s1. The highest BCUT2D eigenvalue weighted by molar-refractivity contribution is 5.44. The molecule has 29 heavy (non-hydrogen) atoms. The highest BCUT2D eigenvalue weighted by atomic mass is 19.4. The summed E-state index contributed by atoms with van der Waals surface area (Å²) in [4.78, 5) is 27.2. The van der Waals surface area contributed by atoms with Crippen LogP contribution in [0.15, 0.2) is 41.3 Å². The molecule has 11 heteroatoms. The molecule has 2 heterocycles. The van der Waals surface area contributed by atoms with Gasteiger partial charge in [0.1, 0.15) is 24.1 Å². The maximum Gasteiger partial charge on any atom is 0.416 e. The van der Waals surface area contributed by atoms with E-state index in [1.54, 1.807) is 0 Å². The van der Waals surface area contributed by atoms with Crippen LogP contribution in [-0.4, -0.2) is 26.5 Å². The Morgan fingerprint density at radius 2 is 2.00 bits per heavy atom. The monoisotopic (exact) mass is 414 g/mol. The zero-order chi connectivity index (χ0) is 21.6. The van der Waals surface area contributed by atoms with Crippen LogP contribution in [0.1, 0.15) is 36.6 Å². The van der Waals surface area contributed by atoms with Gasteiger partial charge in [-0.05, 0) is 37.6 Å². The lowest BCUT2D eigenvalue weighted by Gasteiger charge is -2.43. The van der Waals surface area contributed by atoms with Gasteiger partial charge in [-0.1, -0.05) is 6.07 Å². The van der Waals surface area contributed by atoms with E-state index in [1.165, 1.54) is 26.1 Å². The van der Waals surface area contributed by atoms with Crippen molar-refractivity contribution in [1.82, 2.24) is 4.57 Å². The summed E-state index contributed by atoms with van der Waals surface area (Å²) in [5, 5.41) is 20.2. The number of hydrogen-bond acceptors (Lipinski definition) is 6. The molecule has 1 aliphatic rings. The number of aliphatic hydroxyl groups is 1. The second kappa shape index (κ2) is 7.07. The van der Waals surface area contributed by atoms with Gasteiger partial charge in [0.2, 0.25) is 0 Å². The molecule has 1 aromatic carbocycles. The average molecular weight is 414 g/mol. The Morgan fingerprint density at radius 3 is 2.62 bits per heavy atom. The molecule has 2 atom stereocenters. The Balaban J connectivity index is 2.17. The molecule has 3 rings (SSSR count). The summed E-state index contributed by atoms with van der Waals surface area (Å²) in [6, 6.07) is 4.01. The molecule has 156 valence electrons. The minimum atomic E-state index is -4.64. The van der Waals surface area contributed by atoms with E-state index in [4.69, 9.17) is 4.74 Å². The second-order valence-corrected chi connectivity index (χ2v) is 7.13. The fourth-order valence-corrected chi connectivity index (χ4v) is 3.22. The van der Waals surface area contributed by atoms with Crippen molar-refractivity contribution in [3.8, 4) is 5.75 Å². The van der Waals surface area contributed by atoms with E-state index in [2.05, 4.69) is 4.84 Å². The third-order valence-electron chi connectivity index (χ3n) is 4.68. The normalized spacial score (nSPS) is 20.5. The number of aromatic nitrogens is 1. The molecule has 0 fully saturated rings. The molecular weight excluding hydrogens is 397 g/mol. The number of aliphatic hydroxyl groups excluding tert-OH is 1. The fraction of sp³-hybridized carbons (Fsp3) is 0.389. The van der Waals surface area contributed by atoms with Crippen molar-refractivity contribution in [3.63, 3.8) is 0 Å². The van der Waals surface area contributed by atoms with E-state index < -0.39 is 46.7 Å². The summed E-state index contributed by atoms with van der Waals surface area (Å²) < 4.78 is 46.3. The lowest BCUT2D eigenvalue weighted by molar-refractivity contribution is -0.763. The van der Waals surface area contributed by atoms with Crippen molar-refractivity contribution in [2.75, 3.05) is 0 Å². The highest BCUT2D eigenvalue weighted by Gasteiger charge is 2.45. The van der Waals surface area contributed by atoms with Crippen LogP contribution < -0.4 is 10.3 Å². The van der Waals surface area contributed by atoms with Crippen molar-refractivity contribution in [2.24, 2.45) is 0 Å². The number of fused-ring (bicyclic) bond motifs is 1. The Morgan fingerprint density at radius 1 is 1.31 bits per heavy atom. The second-order valence-electron chi connectivity index (χ2n) is 7.13. The van der Waals surface area contributed by atoms with Crippen LogP contribution in [0.5, 0.6) is 5.75 Å². The van der Waals surface area contributed by atoms with Gasteiger partial charge < -0.3 is 19.2 Å². The van der Waals surface area contributed by atoms with Crippen molar-refractivity contribution < 1.29 is 32.9 Å². The molecule has 0 radical (unpaired) electrons. The van der Waals surface area contributed by atoms with Crippen LogP contribution in [-0.2, 0) is 17.6 Å². The van der Waals surface area contributed by atoms with Crippen molar-refractivity contribution in [1.29, 1.82) is 0 Å². The summed E-state index contributed by atoms with van der Waals surface area (Å²) >= 11 is 0. The third kappa shape index (κ3) is 4.04. The van der Waals surface area contributed by atoms with Gasteiger partial charge in [-0.25, -0.2) is 0 Å². The number of benzene rings is 1. The molecule has 0 aliphatic carbocycles. The van der Waals surface area contributed by atoms with Crippen molar-refractivity contribution >= 4 is 0 Å². The molecule has 0 spiro atoms. The first-order valence-corrected chi connectivity index (χ1v) is 8.47. The van der Waals surface area contributed by atoms with Crippen LogP contribution in [0.4, 0.5) is 13.2 Å². The minimum absolute atomic E-state index is 0.0268. The zero-order valence-electron chi connectivity index (χ0n) is 15.3. The van der Waals surface area contributed by atoms with Crippen LogP contribution in [0, 0.1) is 10.1 Å². The van der Waals surface area contributed by atoms with Gasteiger partial charge >= 0.3 is 6.18 Å². The van der Waals surface area contributed by atoms with E-state index in [1.807, 2.05) is 0 Å². The van der Waals surface area contributed by atoms with E-state index in [9.17, 15) is 33.2 Å². The quantitative estimate of drug-likeness (QED) is 0.610. The van der Waals surface area contributed by atoms with Gasteiger partial charge in [-0.15, -0.1) is 10.1 Å². The van der Waals surface area contributed by atoms with Gasteiger partial charge in [0, 0.05) is 17.8 Å². The van der Waals surface area contributed by atoms with Crippen LogP contribution in [0.3, 0.4) is 0 Å². The molecule has 2 aromatic rings. The average Bonchev–Trinajstić information content (AvgIpc) is 2.61. The maximum atomic E-state index is 13.2. The third-order valence-corrected chi connectivity index (χ3v) is 4.68. The number of pyridine rings is 1. The summed E-state index contributed by atoms with van der Waals surface area (Å²) in [6.07, 6.45) is -4.81. The Hall–Kier alpha value is -3.08. The maximum absolute atomic E-state index is 13.2. The smallest absolute Gasteiger partial charge is 0.416 e. The lowest BCUT2D eigenvalue weighted by Crippen LogP contribution is -2.52. The molecular formula is C18H17F3N2O6. The van der Waals surface area contributed by atoms with E-state index >= 15 is 0 Å². The van der Waals surface area contributed by atoms with Gasteiger partial charge in [-0.3, -0.25) is 4.79 Å². The summed E-state index contributed by atoms with van der Waals surface area (Å²) in [5.74, 6) is 0.0946. The molecule has 8 nitrogen and oxygen atoms in total. The largest absolute Gasteiger partial charge is 0.485 e. The van der Waals surface area contributed by atoms with Gasteiger partial charge in [0.05, 0.1) is 11.6 Å². The molecule has 0 saturated carbocycles. The summed E-state index contributed by atoms with van der Waals surface area (Å²) in [6.45, 7) is 2.61. The predicted octanol–water partition coefficient (Wildman–Crippen LogP) is 2.70. The molecule has 0 bridgehead atoms. The van der Waals surface area contributed by atoms with E-state index in [0.717, 1.165) is 28.8 Å². The highest BCUT2D eigenvalue weighted by Crippen LogP contribution is 2.43. The fourth-order valence-electron chi connectivity index (χ4n) is 3.22. The van der Waals surface area contributed by atoms with Crippen LogP contribution in [0.2, 0.25) is 0 Å². The first-order valence-electron chi connectivity index (χ1n) is 8.47. The van der Waals surface area contributed by atoms with Crippen molar-refractivity contribution in [2.45, 2.75) is 44.4 Å². The van der Waals surface area contributed by atoms with E-state index in [0.29, 0.717) is 0 Å². The number of halogens is 3.